The Hall–Kier alpha value is -4.17. The summed E-state index contributed by atoms with van der Waals surface area (Å²) in [6.45, 7) is 0.267. The molecule has 0 aliphatic carbocycles. The van der Waals surface area contributed by atoms with Crippen LogP contribution < -0.4 is 22.1 Å². The zero-order valence-corrected chi connectivity index (χ0v) is 20.1. The number of nitrogens with two attached hydrogens (primary N) is 2. The highest BCUT2D eigenvalue weighted by Gasteiger charge is 2.23. The summed E-state index contributed by atoms with van der Waals surface area (Å²) in [5.41, 5.74) is 15.1. The van der Waals surface area contributed by atoms with E-state index < -0.39 is 12.1 Å². The number of rotatable bonds is 12. The van der Waals surface area contributed by atoms with Crippen molar-refractivity contribution in [2.24, 2.45) is 11.5 Å². The third-order valence-corrected chi connectivity index (χ3v) is 5.95. The van der Waals surface area contributed by atoms with Crippen LogP contribution in [0.2, 0.25) is 0 Å². The fourth-order valence-corrected chi connectivity index (χ4v) is 3.73. The third-order valence-electron chi connectivity index (χ3n) is 5.95. The minimum atomic E-state index is -0.773. The van der Waals surface area contributed by atoms with Crippen LogP contribution in [0, 0.1) is 5.41 Å². The molecule has 3 aromatic rings. The molecule has 2 atom stereocenters. The number of amidine groups is 1. The standard InChI is InChI=1S/C28H33N5O3/c29-24(16-10-19-4-2-1-3-5-19)27(35)33-25(17-11-20-8-14-23(34)15-9-20)28(36)32-18-21-6-12-22(13-7-21)26(30)31/h1-9,12-15,24-25,34H,10-11,16-18,29H2,(H3,30,31)(H,32,36)(H,33,35)/t24-,25+/m1/s1. The predicted octanol–water partition coefficient (Wildman–Crippen LogP) is 2.37. The van der Waals surface area contributed by atoms with Crippen LogP contribution >= 0.6 is 0 Å². The number of hydrogen-bond acceptors (Lipinski definition) is 5. The number of amides is 2. The van der Waals surface area contributed by atoms with Crippen LogP contribution in [0.15, 0.2) is 78.9 Å². The van der Waals surface area contributed by atoms with Crippen LogP contribution in [-0.4, -0.2) is 34.8 Å². The Bertz CT molecular complexity index is 1150. The maximum absolute atomic E-state index is 13.0. The summed E-state index contributed by atoms with van der Waals surface area (Å²) < 4.78 is 0. The van der Waals surface area contributed by atoms with Crippen molar-refractivity contribution in [3.05, 3.63) is 101 Å². The normalized spacial score (nSPS) is 12.4. The van der Waals surface area contributed by atoms with Crippen molar-refractivity contribution in [2.75, 3.05) is 0 Å². The molecular weight excluding hydrogens is 454 g/mol. The van der Waals surface area contributed by atoms with Gasteiger partial charge in [-0.05, 0) is 54.5 Å². The van der Waals surface area contributed by atoms with Crippen LogP contribution in [0.4, 0.5) is 0 Å². The number of benzene rings is 3. The number of carbonyl (C=O) groups excluding carboxylic acids is 2. The summed E-state index contributed by atoms with van der Waals surface area (Å²) >= 11 is 0. The molecule has 0 radical (unpaired) electrons. The zero-order valence-electron chi connectivity index (χ0n) is 20.1. The van der Waals surface area contributed by atoms with Gasteiger partial charge < -0.3 is 27.2 Å². The third kappa shape index (κ3) is 8.25. The first-order valence-electron chi connectivity index (χ1n) is 11.9. The Morgan fingerprint density at radius 3 is 2.03 bits per heavy atom. The Kier molecular flexibility index (Phi) is 9.59. The number of phenolic OH excluding ortho intramolecular Hbond substituents is 1. The molecule has 0 bridgehead atoms. The number of carbonyl (C=O) groups is 2. The molecule has 0 saturated heterocycles. The molecule has 2 amide bonds. The van der Waals surface area contributed by atoms with Crippen molar-refractivity contribution in [1.29, 1.82) is 5.41 Å². The van der Waals surface area contributed by atoms with Crippen LogP contribution in [0.1, 0.15) is 35.1 Å². The lowest BCUT2D eigenvalue weighted by molar-refractivity contribution is -0.129. The van der Waals surface area contributed by atoms with Crippen LogP contribution in [0.25, 0.3) is 0 Å². The molecule has 0 fully saturated rings. The van der Waals surface area contributed by atoms with Crippen molar-refractivity contribution in [2.45, 2.75) is 44.3 Å². The van der Waals surface area contributed by atoms with E-state index in [1.54, 1.807) is 48.5 Å². The van der Waals surface area contributed by atoms with Crippen LogP contribution in [-0.2, 0) is 29.0 Å². The molecule has 0 aliphatic heterocycles. The topological polar surface area (TPSA) is 154 Å². The summed E-state index contributed by atoms with van der Waals surface area (Å²) in [4.78, 5) is 25.9. The first-order chi connectivity index (χ1) is 17.3. The van der Waals surface area contributed by atoms with Gasteiger partial charge in [0.1, 0.15) is 17.6 Å². The molecule has 0 aliphatic rings. The highest BCUT2D eigenvalue weighted by atomic mass is 16.3. The lowest BCUT2D eigenvalue weighted by Gasteiger charge is -2.21. The van der Waals surface area contributed by atoms with Gasteiger partial charge in [0.2, 0.25) is 11.8 Å². The van der Waals surface area contributed by atoms with E-state index in [9.17, 15) is 14.7 Å². The number of nitrogen functional groups attached to an aromatic ring is 1. The zero-order chi connectivity index (χ0) is 25.9. The van der Waals surface area contributed by atoms with Gasteiger partial charge in [-0.2, -0.15) is 0 Å². The monoisotopic (exact) mass is 487 g/mol. The quantitative estimate of drug-likeness (QED) is 0.171. The second kappa shape index (κ2) is 13.1. The fraction of sp³-hybridized carbons (Fsp3) is 0.250. The van der Waals surface area contributed by atoms with E-state index in [2.05, 4.69) is 10.6 Å². The highest BCUT2D eigenvalue weighted by molar-refractivity contribution is 5.95. The van der Waals surface area contributed by atoms with Gasteiger partial charge in [-0.25, -0.2) is 0 Å². The Morgan fingerprint density at radius 2 is 1.39 bits per heavy atom. The second-order valence-corrected chi connectivity index (χ2v) is 8.73. The smallest absolute Gasteiger partial charge is 0.242 e. The lowest BCUT2D eigenvalue weighted by atomic mass is 10.0. The second-order valence-electron chi connectivity index (χ2n) is 8.73. The van der Waals surface area contributed by atoms with Crippen molar-refractivity contribution >= 4 is 17.6 Å². The van der Waals surface area contributed by atoms with Gasteiger partial charge in [-0.15, -0.1) is 0 Å². The summed E-state index contributed by atoms with van der Waals surface area (Å²) in [5.74, 6) is -0.539. The first-order valence-corrected chi connectivity index (χ1v) is 11.9. The van der Waals surface area contributed by atoms with E-state index in [0.29, 0.717) is 31.2 Å². The van der Waals surface area contributed by atoms with Crippen LogP contribution in [0.5, 0.6) is 5.75 Å². The van der Waals surface area contributed by atoms with Gasteiger partial charge in [-0.1, -0.05) is 66.7 Å². The molecule has 8 nitrogen and oxygen atoms in total. The van der Waals surface area contributed by atoms with E-state index in [1.165, 1.54) is 0 Å². The Labute approximate surface area is 211 Å². The van der Waals surface area contributed by atoms with Gasteiger partial charge in [-0.3, -0.25) is 15.0 Å². The predicted molar refractivity (Wildman–Crippen MR) is 140 cm³/mol. The van der Waals surface area contributed by atoms with Crippen molar-refractivity contribution in [3.63, 3.8) is 0 Å². The molecule has 0 saturated carbocycles. The largest absolute Gasteiger partial charge is 0.508 e. The maximum atomic E-state index is 13.0. The van der Waals surface area contributed by atoms with Crippen molar-refractivity contribution in [3.8, 4) is 5.75 Å². The number of phenols is 1. The minimum absolute atomic E-state index is 0.0220. The molecule has 0 unspecified atom stereocenters. The minimum Gasteiger partial charge on any atom is -0.508 e. The SMILES string of the molecule is N=C(N)c1ccc(CNC(=O)[C@H](CCc2ccc(O)cc2)NC(=O)[C@H](N)CCc2ccccc2)cc1. The molecule has 0 aromatic heterocycles. The average molecular weight is 488 g/mol. The fourth-order valence-electron chi connectivity index (χ4n) is 3.73. The van der Waals surface area contributed by atoms with E-state index in [0.717, 1.165) is 16.7 Å². The van der Waals surface area contributed by atoms with Gasteiger partial charge in [0.15, 0.2) is 0 Å². The number of aromatic hydroxyl groups is 1. The molecule has 8 N–H and O–H groups in total. The Morgan fingerprint density at radius 1 is 0.806 bits per heavy atom. The Balaban J connectivity index is 1.61. The molecule has 36 heavy (non-hydrogen) atoms. The molecule has 0 spiro atoms. The van der Waals surface area contributed by atoms with Crippen molar-refractivity contribution in [1.82, 2.24) is 10.6 Å². The van der Waals surface area contributed by atoms with Gasteiger partial charge >= 0.3 is 0 Å². The van der Waals surface area contributed by atoms with Gasteiger partial charge in [0, 0.05) is 12.1 Å². The number of hydrogen-bond donors (Lipinski definition) is 6. The molecular formula is C28H33N5O3. The lowest BCUT2D eigenvalue weighted by Crippen LogP contribution is -2.51. The first kappa shape index (κ1) is 26.4. The van der Waals surface area contributed by atoms with Crippen LogP contribution in [0.3, 0.4) is 0 Å². The van der Waals surface area contributed by atoms with E-state index in [1.807, 2.05) is 30.3 Å². The number of aryl methyl sites for hydroxylation is 2. The average Bonchev–Trinajstić information content (AvgIpc) is 2.89. The van der Waals surface area contributed by atoms with E-state index in [-0.39, 0.29) is 29.9 Å². The summed E-state index contributed by atoms with van der Waals surface area (Å²) in [6, 6.07) is 22.1. The van der Waals surface area contributed by atoms with Gasteiger partial charge in [0.05, 0.1) is 6.04 Å². The molecule has 3 rings (SSSR count). The maximum Gasteiger partial charge on any atom is 0.242 e. The molecule has 0 heterocycles. The van der Waals surface area contributed by atoms with E-state index in [4.69, 9.17) is 16.9 Å². The van der Waals surface area contributed by atoms with E-state index >= 15 is 0 Å². The molecule has 188 valence electrons. The highest BCUT2D eigenvalue weighted by Crippen LogP contribution is 2.13. The summed E-state index contributed by atoms with van der Waals surface area (Å²) in [7, 11) is 0. The number of nitrogens with one attached hydrogen (secondary N) is 3. The summed E-state index contributed by atoms with van der Waals surface area (Å²) in [6.07, 6.45) is 2.03. The molecule has 3 aromatic carbocycles. The summed E-state index contributed by atoms with van der Waals surface area (Å²) in [5, 5.41) is 22.7. The molecule has 8 heteroatoms. The van der Waals surface area contributed by atoms with Crippen molar-refractivity contribution < 1.29 is 14.7 Å². The van der Waals surface area contributed by atoms with Gasteiger partial charge in [0.25, 0.3) is 0 Å².